The molecule has 0 saturated carbocycles. The predicted molar refractivity (Wildman–Crippen MR) is 80.6 cm³/mol. The molecule has 0 bridgehead atoms. The third-order valence-electron chi connectivity index (χ3n) is 2.34. The number of carboxylic acid groups (broad SMARTS) is 1. The van der Waals surface area contributed by atoms with Gasteiger partial charge in [0.15, 0.2) is 0 Å². The molecule has 22 heavy (non-hydrogen) atoms. The Kier molecular flexibility index (Phi) is 6.41. The fourth-order valence-corrected chi connectivity index (χ4v) is 1.62. The van der Waals surface area contributed by atoms with E-state index in [4.69, 9.17) is 9.47 Å². The van der Waals surface area contributed by atoms with E-state index in [9.17, 15) is 19.5 Å². The summed E-state index contributed by atoms with van der Waals surface area (Å²) in [5, 5.41) is 9.35. The molecule has 0 aliphatic heterocycles. The average molecular weight is 317 g/mol. The van der Waals surface area contributed by atoms with Crippen LogP contribution in [0.25, 0.3) is 0 Å². The van der Waals surface area contributed by atoms with Gasteiger partial charge in [-0.25, -0.2) is 14.4 Å². The molecule has 0 rings (SSSR count). The van der Waals surface area contributed by atoms with Crippen molar-refractivity contribution in [2.24, 2.45) is 5.92 Å². The van der Waals surface area contributed by atoms with Gasteiger partial charge >= 0.3 is 18.2 Å². The summed E-state index contributed by atoms with van der Waals surface area (Å²) < 4.78 is 10.3. The Balaban J connectivity index is 5.61. The molecule has 0 spiro atoms. The summed E-state index contributed by atoms with van der Waals surface area (Å²) in [5.74, 6) is -1.80. The van der Waals surface area contributed by atoms with Crippen molar-refractivity contribution in [1.29, 1.82) is 0 Å². The van der Waals surface area contributed by atoms with Crippen LogP contribution in [0, 0.1) is 5.92 Å². The van der Waals surface area contributed by atoms with Crippen LogP contribution in [0.15, 0.2) is 0 Å². The molecule has 0 fully saturated rings. The van der Waals surface area contributed by atoms with Crippen molar-refractivity contribution in [1.82, 2.24) is 4.90 Å². The van der Waals surface area contributed by atoms with Crippen LogP contribution in [0.3, 0.4) is 0 Å². The molecule has 0 radical (unpaired) electrons. The Hall–Kier alpha value is -1.79. The quantitative estimate of drug-likeness (QED) is 0.858. The van der Waals surface area contributed by atoms with Crippen molar-refractivity contribution in [3.05, 3.63) is 0 Å². The van der Waals surface area contributed by atoms with Crippen LogP contribution in [-0.4, -0.2) is 45.4 Å². The van der Waals surface area contributed by atoms with Crippen LogP contribution in [-0.2, 0) is 14.3 Å². The van der Waals surface area contributed by atoms with E-state index in [1.807, 2.05) is 0 Å². The molecule has 0 saturated heterocycles. The van der Waals surface area contributed by atoms with E-state index in [0.29, 0.717) is 4.90 Å². The van der Waals surface area contributed by atoms with Gasteiger partial charge in [-0.15, -0.1) is 0 Å². The van der Waals surface area contributed by atoms with Gasteiger partial charge in [0, 0.05) is 0 Å². The normalized spacial score (nSPS) is 13.5. The number of imide groups is 1. The molecule has 0 aromatic rings. The highest BCUT2D eigenvalue weighted by Gasteiger charge is 2.41. The van der Waals surface area contributed by atoms with Gasteiger partial charge in [-0.3, -0.25) is 0 Å². The highest BCUT2D eigenvalue weighted by molar-refractivity contribution is 5.93. The number of ether oxygens (including phenoxy) is 2. The minimum Gasteiger partial charge on any atom is -0.480 e. The summed E-state index contributed by atoms with van der Waals surface area (Å²) in [6.45, 7) is 13.0. The van der Waals surface area contributed by atoms with Crippen molar-refractivity contribution in [2.75, 3.05) is 0 Å². The first-order chi connectivity index (χ1) is 9.65. The third-order valence-corrected chi connectivity index (χ3v) is 2.34. The molecular formula is C15H27NO6. The van der Waals surface area contributed by atoms with Gasteiger partial charge in [-0.2, -0.15) is 4.90 Å². The number of carboxylic acids is 1. The molecule has 0 heterocycles. The summed E-state index contributed by atoms with van der Waals surface area (Å²) in [4.78, 5) is 36.5. The molecule has 1 unspecified atom stereocenters. The Morgan fingerprint density at radius 3 is 1.36 bits per heavy atom. The number of nitrogens with zero attached hydrogens (tertiary/aromatic N) is 1. The van der Waals surface area contributed by atoms with Crippen LogP contribution < -0.4 is 0 Å². The monoisotopic (exact) mass is 317 g/mol. The highest BCUT2D eigenvalue weighted by Crippen LogP contribution is 2.20. The molecule has 2 amide bonds. The second-order valence-corrected chi connectivity index (χ2v) is 7.36. The molecule has 7 nitrogen and oxygen atoms in total. The van der Waals surface area contributed by atoms with Gasteiger partial charge in [-0.05, 0) is 47.5 Å². The van der Waals surface area contributed by atoms with Crippen LogP contribution >= 0.6 is 0 Å². The molecule has 7 heteroatoms. The first-order valence-electron chi connectivity index (χ1n) is 7.13. The smallest absolute Gasteiger partial charge is 0.420 e. The van der Waals surface area contributed by atoms with Crippen LogP contribution in [0.5, 0.6) is 0 Å². The maximum absolute atomic E-state index is 12.3. The van der Waals surface area contributed by atoms with E-state index in [0.717, 1.165) is 0 Å². The molecule has 0 aliphatic carbocycles. The van der Waals surface area contributed by atoms with Crippen molar-refractivity contribution < 1.29 is 29.0 Å². The molecule has 1 N–H and O–H groups in total. The average Bonchev–Trinajstić information content (AvgIpc) is 2.18. The molecule has 0 aromatic heterocycles. The first kappa shape index (κ1) is 20.2. The molecule has 128 valence electrons. The van der Waals surface area contributed by atoms with Gasteiger partial charge in [0.25, 0.3) is 0 Å². The zero-order valence-corrected chi connectivity index (χ0v) is 14.6. The van der Waals surface area contributed by atoms with Crippen molar-refractivity contribution in [2.45, 2.75) is 72.6 Å². The summed E-state index contributed by atoms with van der Waals surface area (Å²) >= 11 is 0. The fourth-order valence-electron chi connectivity index (χ4n) is 1.62. The minimum atomic E-state index is -1.37. The lowest BCUT2D eigenvalue weighted by atomic mass is 10.0. The second kappa shape index (κ2) is 6.98. The molecular weight excluding hydrogens is 290 g/mol. The van der Waals surface area contributed by atoms with E-state index in [2.05, 4.69) is 0 Å². The second-order valence-electron chi connectivity index (χ2n) is 7.36. The van der Waals surface area contributed by atoms with Gasteiger partial charge < -0.3 is 14.6 Å². The minimum absolute atomic E-state index is 0.502. The lowest BCUT2D eigenvalue weighted by Gasteiger charge is -2.33. The fraction of sp³-hybridized carbons (Fsp3) is 0.800. The maximum atomic E-state index is 12.3. The van der Waals surface area contributed by atoms with Crippen LogP contribution in [0.4, 0.5) is 9.59 Å². The van der Waals surface area contributed by atoms with E-state index in [1.165, 1.54) is 0 Å². The summed E-state index contributed by atoms with van der Waals surface area (Å²) in [5.41, 5.74) is -1.73. The Morgan fingerprint density at radius 1 is 0.864 bits per heavy atom. The SMILES string of the molecule is CC(C)C(C(=O)O)N(C(=O)OC(C)(C)C)C(=O)OC(C)(C)C. The first-order valence-corrected chi connectivity index (χ1v) is 7.13. The highest BCUT2D eigenvalue weighted by atomic mass is 16.6. The van der Waals surface area contributed by atoms with Gasteiger partial charge in [0.05, 0.1) is 0 Å². The largest absolute Gasteiger partial charge is 0.480 e. The molecule has 0 aliphatic rings. The topological polar surface area (TPSA) is 93.1 Å². The van der Waals surface area contributed by atoms with Gasteiger partial charge in [0.2, 0.25) is 0 Å². The number of carbonyl (C=O) groups is 3. The van der Waals surface area contributed by atoms with Crippen molar-refractivity contribution >= 4 is 18.2 Å². The van der Waals surface area contributed by atoms with Gasteiger partial charge in [0.1, 0.15) is 17.2 Å². The summed E-state index contributed by atoms with van der Waals surface area (Å²) in [6.07, 6.45) is -2.08. The lowest BCUT2D eigenvalue weighted by molar-refractivity contribution is -0.144. The summed E-state index contributed by atoms with van der Waals surface area (Å²) in [6, 6.07) is -1.37. The molecule has 0 aromatic carbocycles. The van der Waals surface area contributed by atoms with E-state index in [1.54, 1.807) is 55.4 Å². The number of carbonyl (C=O) groups excluding carboxylic acids is 2. The number of hydrogen-bond acceptors (Lipinski definition) is 5. The number of rotatable bonds is 3. The van der Waals surface area contributed by atoms with Crippen LogP contribution in [0.2, 0.25) is 0 Å². The standard InChI is InChI=1S/C15H27NO6/c1-9(2)10(11(17)18)16(12(19)21-14(3,4)5)13(20)22-15(6,7)8/h9-10H,1-8H3,(H,17,18). The number of amides is 2. The Morgan fingerprint density at radius 2 is 1.18 bits per heavy atom. The lowest BCUT2D eigenvalue weighted by Crippen LogP contribution is -2.54. The Labute approximate surface area is 131 Å². The number of aliphatic carboxylic acids is 1. The van der Waals surface area contributed by atoms with E-state index in [-0.39, 0.29) is 0 Å². The van der Waals surface area contributed by atoms with Crippen molar-refractivity contribution in [3.8, 4) is 0 Å². The van der Waals surface area contributed by atoms with Crippen LogP contribution in [0.1, 0.15) is 55.4 Å². The van der Waals surface area contributed by atoms with E-state index >= 15 is 0 Å². The zero-order chi connectivity index (χ0) is 17.9. The summed E-state index contributed by atoms with van der Waals surface area (Å²) in [7, 11) is 0. The maximum Gasteiger partial charge on any atom is 0.420 e. The van der Waals surface area contributed by atoms with Crippen molar-refractivity contribution in [3.63, 3.8) is 0 Å². The predicted octanol–water partition coefficient (Wildman–Crippen LogP) is 3.27. The number of hydrogen-bond donors (Lipinski definition) is 1. The molecule has 1 atom stereocenters. The zero-order valence-electron chi connectivity index (χ0n) is 14.6. The Bertz CT molecular complexity index is 402. The third kappa shape index (κ3) is 6.78. The van der Waals surface area contributed by atoms with Gasteiger partial charge in [-0.1, -0.05) is 13.8 Å². The van der Waals surface area contributed by atoms with E-state index < -0.39 is 41.3 Å².